The zero-order chi connectivity index (χ0) is 51.3. The highest BCUT2D eigenvalue weighted by molar-refractivity contribution is 8.00. The van der Waals surface area contributed by atoms with Gasteiger partial charge in [-0.2, -0.15) is 0 Å². The summed E-state index contributed by atoms with van der Waals surface area (Å²) in [4.78, 5) is 73.6. The van der Waals surface area contributed by atoms with Crippen LogP contribution >= 0.6 is 11.8 Å². The number of benzene rings is 1. The van der Waals surface area contributed by atoms with Gasteiger partial charge in [-0.15, -0.1) is 11.8 Å². The molecule has 4 aliphatic rings. The Labute approximate surface area is 420 Å². The van der Waals surface area contributed by atoms with Crippen LogP contribution in [0.4, 0.5) is 0 Å². The average molecular weight is 992 g/mol. The zero-order valence-corrected chi connectivity index (χ0v) is 43.8. The molecule has 13 nitrogen and oxygen atoms in total. The number of carbonyl (C=O) groups excluding carboxylic acids is 5. The van der Waals surface area contributed by atoms with Crippen LogP contribution in [0.15, 0.2) is 82.8 Å². The topological polar surface area (TPSA) is 186 Å². The third-order valence-corrected chi connectivity index (χ3v) is 16.6. The molecule has 1 amide bonds. The van der Waals surface area contributed by atoms with Crippen LogP contribution in [0.1, 0.15) is 126 Å². The van der Waals surface area contributed by atoms with Crippen molar-refractivity contribution in [3.63, 3.8) is 0 Å². The van der Waals surface area contributed by atoms with Crippen LogP contribution in [-0.2, 0) is 42.9 Å². The number of piperidine rings is 1. The average Bonchev–Trinajstić information content (AvgIpc) is 3.34. The molecule has 2 bridgehead atoms. The number of ether oxygens (including phenoxy) is 4. The van der Waals surface area contributed by atoms with E-state index in [1.807, 2.05) is 88.4 Å². The Bertz CT molecular complexity index is 2050. The highest BCUT2D eigenvalue weighted by Crippen LogP contribution is 2.40. The molecule has 3 heterocycles. The van der Waals surface area contributed by atoms with Crippen molar-refractivity contribution in [1.29, 1.82) is 0 Å². The van der Waals surface area contributed by atoms with E-state index in [-0.39, 0.29) is 60.1 Å². The van der Waals surface area contributed by atoms with E-state index in [1.165, 1.54) is 12.0 Å². The number of carbonyl (C=O) groups is 5. The first-order valence-corrected chi connectivity index (χ1v) is 26.5. The Morgan fingerprint density at radius 1 is 0.857 bits per heavy atom. The number of nitrogens with zero attached hydrogens (tertiary/aromatic N) is 1. The quantitative estimate of drug-likeness (QED) is 0.135. The number of aliphatic hydroxyl groups excluding tert-OH is 2. The molecule has 1 aromatic carbocycles. The molecule has 0 aromatic heterocycles. The second kappa shape index (κ2) is 26.8. The molecule has 0 unspecified atom stereocenters. The Morgan fingerprint density at radius 2 is 1.59 bits per heavy atom. The summed E-state index contributed by atoms with van der Waals surface area (Å²) >= 11 is 1.65. The molecule has 388 valence electrons. The highest BCUT2D eigenvalue weighted by atomic mass is 32.2. The van der Waals surface area contributed by atoms with Gasteiger partial charge >= 0.3 is 5.97 Å². The largest absolute Gasteiger partial charge is 0.460 e. The van der Waals surface area contributed by atoms with Crippen LogP contribution in [-0.4, -0.2) is 124 Å². The molecule has 0 spiro atoms. The number of fused-ring (bicyclic) bond motifs is 3. The Balaban J connectivity index is 1.49. The number of allylic oxidation sites excluding steroid dienone is 6. The number of amides is 1. The van der Waals surface area contributed by atoms with E-state index in [0.29, 0.717) is 63.4 Å². The van der Waals surface area contributed by atoms with Gasteiger partial charge in [-0.25, -0.2) is 4.79 Å². The predicted molar refractivity (Wildman–Crippen MR) is 270 cm³/mol. The SMILES string of the molecule is CO[C@@H]1C[C@H](C[C@@H](C)[C@@H]2CC(=O)[C@H](C)/C=C(\C)[C@@H](O)[C@@H](OC)C(=O)[C@H](C)C[C@H](C)\C=C/C=C/C=C(\C)[C@H](Sc3ccccc3)C[C@@H]3CC[C@@H](C)[C@@](O)(O3)C(=O)C(=O)N3CCCC[C@H]3C(=O)O2)CC[C@H]1O. The number of rotatable bonds is 7. The van der Waals surface area contributed by atoms with E-state index < -0.39 is 77.8 Å². The molecule has 15 atom stereocenters. The van der Waals surface area contributed by atoms with Gasteiger partial charge in [0.25, 0.3) is 11.7 Å². The van der Waals surface area contributed by atoms with Crippen molar-refractivity contribution in [3.05, 3.63) is 77.9 Å². The number of methoxy groups -OCH3 is 2. The summed E-state index contributed by atoms with van der Waals surface area (Å²) in [6, 6.07) is 8.81. The molecule has 3 N–H and O–H groups in total. The van der Waals surface area contributed by atoms with Crippen LogP contribution < -0.4 is 0 Å². The van der Waals surface area contributed by atoms with Gasteiger partial charge in [-0.1, -0.05) is 94.8 Å². The molecular weight excluding hydrogens is 911 g/mol. The van der Waals surface area contributed by atoms with Gasteiger partial charge in [0.2, 0.25) is 5.79 Å². The van der Waals surface area contributed by atoms with Crippen molar-refractivity contribution < 1.29 is 58.2 Å². The summed E-state index contributed by atoms with van der Waals surface area (Å²) < 4.78 is 23.9. The molecule has 1 aromatic rings. The summed E-state index contributed by atoms with van der Waals surface area (Å²) in [7, 11) is 2.96. The van der Waals surface area contributed by atoms with Crippen molar-refractivity contribution >= 4 is 41.0 Å². The summed E-state index contributed by atoms with van der Waals surface area (Å²) in [5.41, 5.74) is 1.42. The van der Waals surface area contributed by atoms with Crippen molar-refractivity contribution in [1.82, 2.24) is 4.90 Å². The minimum Gasteiger partial charge on any atom is -0.460 e. The maximum absolute atomic E-state index is 14.5. The van der Waals surface area contributed by atoms with Gasteiger partial charge in [0, 0.05) is 55.1 Å². The molecule has 1 aliphatic carbocycles. The van der Waals surface area contributed by atoms with Crippen LogP contribution in [0.5, 0.6) is 0 Å². The molecule has 2 saturated heterocycles. The van der Waals surface area contributed by atoms with E-state index in [4.69, 9.17) is 18.9 Å². The summed E-state index contributed by atoms with van der Waals surface area (Å²) in [5.74, 6) is -7.91. The van der Waals surface area contributed by atoms with E-state index in [9.17, 15) is 39.3 Å². The number of ketones is 3. The summed E-state index contributed by atoms with van der Waals surface area (Å²) in [6.07, 6.45) is 12.2. The normalized spacial score (nSPS) is 38.3. The molecule has 0 radical (unpaired) electrons. The van der Waals surface area contributed by atoms with Gasteiger partial charge in [0.05, 0.1) is 18.3 Å². The molecule has 3 aliphatic heterocycles. The zero-order valence-electron chi connectivity index (χ0n) is 43.0. The summed E-state index contributed by atoms with van der Waals surface area (Å²) in [6.45, 7) is 12.9. The number of Topliss-reactive ketones (excluding diaryl/α,β-unsaturated/α-hetero) is 3. The second-order valence-corrected chi connectivity index (χ2v) is 22.1. The Kier molecular flexibility index (Phi) is 21.9. The second-order valence-electron chi connectivity index (χ2n) is 20.8. The summed E-state index contributed by atoms with van der Waals surface area (Å²) in [5, 5.41) is 34.1. The molecule has 14 heteroatoms. The number of aliphatic hydroxyl groups is 3. The maximum atomic E-state index is 14.5. The predicted octanol–water partition coefficient (Wildman–Crippen LogP) is 8.33. The molecule has 5 rings (SSSR count). The molecular formula is C56H81NO12S. The lowest BCUT2D eigenvalue weighted by molar-refractivity contribution is -0.263. The molecule has 1 saturated carbocycles. The smallest absolute Gasteiger partial charge is 0.329 e. The lowest BCUT2D eigenvalue weighted by Crippen LogP contribution is -2.60. The number of cyclic esters (lactones) is 1. The minimum absolute atomic E-state index is 0.0190. The van der Waals surface area contributed by atoms with Crippen molar-refractivity contribution in [3.8, 4) is 0 Å². The van der Waals surface area contributed by atoms with Crippen LogP contribution in [0.25, 0.3) is 0 Å². The van der Waals surface area contributed by atoms with E-state index in [2.05, 4.69) is 0 Å². The fourth-order valence-corrected chi connectivity index (χ4v) is 11.9. The first-order valence-electron chi connectivity index (χ1n) is 25.6. The maximum Gasteiger partial charge on any atom is 0.329 e. The fraction of sp³-hybridized carbons (Fsp3) is 0.661. The van der Waals surface area contributed by atoms with Crippen LogP contribution in [0.3, 0.4) is 0 Å². The van der Waals surface area contributed by atoms with E-state index in [1.54, 1.807) is 45.7 Å². The van der Waals surface area contributed by atoms with Crippen LogP contribution in [0.2, 0.25) is 0 Å². The lowest BCUT2D eigenvalue weighted by Gasteiger charge is -2.43. The van der Waals surface area contributed by atoms with Gasteiger partial charge in [0.1, 0.15) is 30.1 Å². The third-order valence-electron chi connectivity index (χ3n) is 15.2. The minimum atomic E-state index is -2.42. The van der Waals surface area contributed by atoms with Crippen LogP contribution in [0, 0.1) is 35.5 Å². The Hall–Kier alpha value is -3.76. The molecule has 70 heavy (non-hydrogen) atoms. The number of hydrogen-bond acceptors (Lipinski definition) is 13. The number of thioether (sulfide) groups is 1. The number of hydrogen-bond donors (Lipinski definition) is 3. The van der Waals surface area contributed by atoms with Crippen molar-refractivity contribution in [2.75, 3.05) is 20.8 Å². The molecule has 3 fully saturated rings. The van der Waals surface area contributed by atoms with Crippen molar-refractivity contribution in [2.45, 2.75) is 184 Å². The van der Waals surface area contributed by atoms with Crippen molar-refractivity contribution in [2.24, 2.45) is 35.5 Å². The van der Waals surface area contributed by atoms with Gasteiger partial charge in [-0.05, 0) is 120 Å². The fourth-order valence-electron chi connectivity index (χ4n) is 10.6. The Morgan fingerprint density at radius 3 is 2.29 bits per heavy atom. The standard InChI is InChI=1S/C56H81NO12S/c1-34-18-12-10-13-19-35(2)49(70-43-20-14-11-15-21-43)32-42-25-23-40(7)56(65,69-42)53(62)54(63)57-27-17-16-22-44(57)55(64)68-47(37(4)30-41-24-26-45(58)48(31-41)66-8)33-46(59)36(3)29-39(6)51(61)52(67-9)50(60)38(5)28-34/h10-15,18-21,29,34,36-38,40-42,44-45,47-49,51-52,58,61,65H,16-17,22-28,30-33H2,1-9H3/b13-10+,18-12-,35-19+,39-29+/t34-,36-,37-,38-,40-,41+,42+,44+,45-,47+,48-,49-,51-,52+,56-/m1/s1. The first-order chi connectivity index (χ1) is 33.3. The third kappa shape index (κ3) is 15.1. The van der Waals surface area contributed by atoms with Gasteiger partial charge in [-0.3, -0.25) is 19.2 Å². The lowest BCUT2D eigenvalue weighted by atomic mass is 9.78. The van der Waals surface area contributed by atoms with E-state index in [0.717, 1.165) is 16.9 Å². The van der Waals surface area contributed by atoms with Gasteiger partial charge < -0.3 is 39.2 Å². The van der Waals surface area contributed by atoms with E-state index >= 15 is 0 Å². The first kappa shape index (κ1) is 57.1. The van der Waals surface area contributed by atoms with Gasteiger partial charge in [0.15, 0.2) is 5.78 Å². The monoisotopic (exact) mass is 992 g/mol. The highest BCUT2D eigenvalue weighted by Gasteiger charge is 2.53. The number of esters is 1.